The summed E-state index contributed by atoms with van der Waals surface area (Å²) in [5, 5.41) is 7.99. The second-order valence-corrected chi connectivity index (χ2v) is 1.29. The van der Waals surface area contributed by atoms with Crippen molar-refractivity contribution in [3.05, 3.63) is 0 Å². The van der Waals surface area contributed by atoms with Crippen LogP contribution in [0.4, 0.5) is 0 Å². The second-order valence-electron chi connectivity index (χ2n) is 1.29. The molecule has 0 aliphatic heterocycles. The molecule has 0 rings (SSSR count). The molecule has 0 radical (unpaired) electrons. The fourth-order valence-electron chi connectivity index (χ4n) is 0.253. The molecule has 0 aromatic heterocycles. The molecule has 0 aliphatic carbocycles. The molecule has 0 saturated carbocycles. The highest BCUT2D eigenvalue weighted by molar-refractivity contribution is 5.66. The summed E-state index contributed by atoms with van der Waals surface area (Å²) in [5.74, 6) is -0.773. The van der Waals surface area contributed by atoms with Crippen LogP contribution in [0.15, 0.2) is 0 Å². The lowest BCUT2D eigenvalue weighted by Crippen LogP contribution is -2.02. The third-order valence-electron chi connectivity index (χ3n) is 0.595. The molecule has 3 heteroatoms. The number of hydrogen-bond donors (Lipinski definition) is 2. The van der Waals surface area contributed by atoms with Crippen molar-refractivity contribution in [2.75, 3.05) is 6.54 Å². The predicted molar refractivity (Wildman–Crippen MR) is 25.9 cm³/mol. The number of rotatable bonds is 3. The van der Waals surface area contributed by atoms with Crippen LogP contribution >= 0.6 is 0 Å². The molecule has 0 bridgehead atoms. The van der Waals surface area contributed by atoms with Gasteiger partial charge >= 0.3 is 5.97 Å². The minimum atomic E-state index is -0.773. The van der Waals surface area contributed by atoms with Crippen molar-refractivity contribution >= 4 is 5.97 Å². The van der Waals surface area contributed by atoms with Gasteiger partial charge in [0.25, 0.3) is 0 Å². The van der Waals surface area contributed by atoms with Gasteiger partial charge in [-0.2, -0.15) is 0 Å². The summed E-state index contributed by atoms with van der Waals surface area (Å²) in [6.07, 6.45) is 0.770. The molecule has 0 amide bonds. The lowest BCUT2D eigenvalue weighted by atomic mass is 10.0. The van der Waals surface area contributed by atoms with Gasteiger partial charge in [-0.25, -0.2) is 0 Å². The average Bonchev–Trinajstić information content (AvgIpc) is 1.61. The highest BCUT2D eigenvalue weighted by atomic mass is 16.4. The van der Waals surface area contributed by atoms with Crippen LogP contribution < -0.4 is 5.73 Å². The Balaban J connectivity index is 2.82. The molecule has 7 heavy (non-hydrogen) atoms. The minimum absolute atomic E-state index is 0.191. The van der Waals surface area contributed by atoms with Crippen LogP contribution in [-0.4, -0.2) is 17.6 Å². The third kappa shape index (κ3) is 5.43. The molecule has 3 nitrogen and oxygen atoms in total. The van der Waals surface area contributed by atoms with Crippen molar-refractivity contribution in [3.8, 4) is 0 Å². The maximum absolute atomic E-state index is 9.70. The molecular formula is C4H9NO2. The van der Waals surface area contributed by atoms with Gasteiger partial charge in [0, 0.05) is 6.42 Å². The van der Waals surface area contributed by atoms with E-state index < -0.39 is 5.97 Å². The Bertz CT molecular complexity index is 62.7. The third-order valence-corrected chi connectivity index (χ3v) is 0.595. The molecular weight excluding hydrogens is 93.0 g/mol. The molecule has 0 unspecified atom stereocenters. The van der Waals surface area contributed by atoms with Crippen LogP contribution in [0.1, 0.15) is 12.8 Å². The summed E-state index contributed by atoms with van der Waals surface area (Å²) < 4.78 is 0. The standard InChI is InChI=1S/C4H9NO2/c5-3-1-2-4(6)7/h1-3,5H2,(H,6,7)/i3-1. The second kappa shape index (κ2) is 3.61. The predicted octanol–water partition coefficient (Wildman–Crippen LogP) is -0.190. The van der Waals surface area contributed by atoms with Gasteiger partial charge in [-0.15, -0.1) is 0 Å². The van der Waals surface area contributed by atoms with E-state index in [1.54, 1.807) is 0 Å². The van der Waals surface area contributed by atoms with Crippen LogP contribution in [0.2, 0.25) is 0 Å². The van der Waals surface area contributed by atoms with Gasteiger partial charge in [-0.1, -0.05) is 0 Å². The largest absolute Gasteiger partial charge is 0.481 e. The highest BCUT2D eigenvalue weighted by Crippen LogP contribution is 1.82. The zero-order chi connectivity index (χ0) is 5.70. The van der Waals surface area contributed by atoms with Crippen LogP contribution in [0.25, 0.3) is 0 Å². The van der Waals surface area contributed by atoms with E-state index in [2.05, 4.69) is 0 Å². The quantitative estimate of drug-likeness (QED) is 0.519. The summed E-state index contributed by atoms with van der Waals surface area (Å²) in [6, 6.07) is 0. The Morgan fingerprint density at radius 1 is 1.71 bits per heavy atom. The Morgan fingerprint density at radius 3 is 2.43 bits per heavy atom. The van der Waals surface area contributed by atoms with E-state index in [1.165, 1.54) is 0 Å². The van der Waals surface area contributed by atoms with E-state index in [1.807, 2.05) is 0 Å². The number of carboxylic acids is 1. The van der Waals surface area contributed by atoms with Crippen LogP contribution in [0.5, 0.6) is 0 Å². The SMILES string of the molecule is N[11CH2]CCC(=O)O. The van der Waals surface area contributed by atoms with Crippen molar-refractivity contribution < 1.29 is 9.90 Å². The van der Waals surface area contributed by atoms with E-state index >= 15 is 0 Å². The Kier molecular flexibility index (Phi) is 3.32. The highest BCUT2D eigenvalue weighted by Gasteiger charge is 1.91. The molecule has 0 atom stereocenters. The van der Waals surface area contributed by atoms with Crippen LogP contribution in [0, 0.1) is 0 Å². The topological polar surface area (TPSA) is 63.3 Å². The summed E-state index contributed by atoms with van der Waals surface area (Å²) in [5.41, 5.74) is 5.01. The van der Waals surface area contributed by atoms with Crippen molar-refractivity contribution in [1.29, 1.82) is 0 Å². The molecule has 3 N–H and O–H groups in total. The molecule has 0 aromatic carbocycles. The first-order valence-corrected chi connectivity index (χ1v) is 2.19. The van der Waals surface area contributed by atoms with Crippen LogP contribution in [0.3, 0.4) is 0 Å². The fourth-order valence-corrected chi connectivity index (χ4v) is 0.253. The summed E-state index contributed by atoms with van der Waals surface area (Å²) in [7, 11) is 0. The van der Waals surface area contributed by atoms with Gasteiger partial charge in [0.2, 0.25) is 0 Å². The summed E-state index contributed by atoms with van der Waals surface area (Å²) in [6.45, 7) is 0.465. The zero-order valence-electron chi connectivity index (χ0n) is 4.05. The molecule has 0 heterocycles. The van der Waals surface area contributed by atoms with E-state index in [-0.39, 0.29) is 6.42 Å². The van der Waals surface area contributed by atoms with Crippen molar-refractivity contribution in [3.63, 3.8) is 0 Å². The first-order valence-electron chi connectivity index (χ1n) is 2.19. The number of carboxylic acid groups (broad SMARTS) is 1. The molecule has 42 valence electrons. The molecule has 0 aromatic rings. The maximum atomic E-state index is 9.70. The monoisotopic (exact) mass is 102 g/mol. The fraction of sp³-hybridized carbons (Fsp3) is 0.750. The Morgan fingerprint density at radius 2 is 2.29 bits per heavy atom. The van der Waals surface area contributed by atoms with Gasteiger partial charge in [0.1, 0.15) is 0 Å². The van der Waals surface area contributed by atoms with Gasteiger partial charge in [0.05, 0.1) is 0 Å². The Hall–Kier alpha value is -0.570. The summed E-state index contributed by atoms with van der Waals surface area (Å²) in [4.78, 5) is 9.70. The minimum Gasteiger partial charge on any atom is -0.481 e. The van der Waals surface area contributed by atoms with Crippen LogP contribution in [-0.2, 0) is 4.79 Å². The average molecular weight is 102 g/mol. The molecule has 0 spiro atoms. The molecule has 0 saturated heterocycles. The number of aliphatic carboxylic acids is 1. The normalized spacial score (nSPS) is 8.71. The number of hydrogen-bond acceptors (Lipinski definition) is 2. The van der Waals surface area contributed by atoms with Crippen molar-refractivity contribution in [2.24, 2.45) is 5.73 Å². The van der Waals surface area contributed by atoms with Crippen molar-refractivity contribution in [2.45, 2.75) is 12.8 Å². The number of nitrogens with two attached hydrogens (primary N) is 1. The maximum Gasteiger partial charge on any atom is 0.303 e. The Labute approximate surface area is 42.1 Å². The van der Waals surface area contributed by atoms with Crippen molar-refractivity contribution in [1.82, 2.24) is 0 Å². The van der Waals surface area contributed by atoms with E-state index in [4.69, 9.17) is 10.8 Å². The molecule has 0 fully saturated rings. The lowest BCUT2D eigenvalue weighted by molar-refractivity contribution is -0.137. The number of carbonyl (C=O) groups is 1. The zero-order valence-corrected chi connectivity index (χ0v) is 4.05. The van der Waals surface area contributed by atoms with Gasteiger partial charge in [0.15, 0.2) is 0 Å². The van der Waals surface area contributed by atoms with E-state index in [0.717, 1.165) is 0 Å². The van der Waals surface area contributed by atoms with E-state index in [0.29, 0.717) is 13.0 Å². The summed E-state index contributed by atoms with van der Waals surface area (Å²) >= 11 is 0. The lowest BCUT2D eigenvalue weighted by Gasteiger charge is -1.86. The van der Waals surface area contributed by atoms with Gasteiger partial charge in [-0.3, -0.25) is 4.79 Å². The first kappa shape index (κ1) is 6.43. The van der Waals surface area contributed by atoms with Gasteiger partial charge in [-0.05, 0) is 13.0 Å². The smallest absolute Gasteiger partial charge is 0.303 e. The van der Waals surface area contributed by atoms with E-state index in [9.17, 15) is 4.79 Å². The first-order chi connectivity index (χ1) is 3.27. The van der Waals surface area contributed by atoms with Gasteiger partial charge < -0.3 is 10.8 Å². The molecule has 0 aliphatic rings.